The van der Waals surface area contributed by atoms with Gasteiger partial charge in [0.1, 0.15) is 5.82 Å². The van der Waals surface area contributed by atoms with E-state index in [2.05, 4.69) is 27.0 Å². The Hall–Kier alpha value is -2.15. The molecule has 0 bridgehead atoms. The van der Waals surface area contributed by atoms with E-state index in [1.54, 1.807) is 13.3 Å². The number of nitrogens with one attached hydrogen (secondary N) is 3. The summed E-state index contributed by atoms with van der Waals surface area (Å²) in [5.41, 5.74) is 3.78. The molecule has 1 aromatic heterocycles. The SMILES string of the molecule is COCCNC1CCC(Nc2cc(-c3ccc4c(c3)CCNC4=O)c(Cl)cn2)CC1. The first kappa shape index (κ1) is 21.1. The molecule has 3 N–H and O–H groups in total. The Morgan fingerprint density at radius 2 is 1.97 bits per heavy atom. The van der Waals surface area contributed by atoms with E-state index in [9.17, 15) is 4.79 Å². The maximum absolute atomic E-state index is 12.0. The molecular formula is C23H29ClN4O2. The first-order valence-electron chi connectivity index (χ1n) is 10.7. The van der Waals surface area contributed by atoms with Gasteiger partial charge in [0, 0.05) is 49.6 Å². The highest BCUT2D eigenvalue weighted by atomic mass is 35.5. The van der Waals surface area contributed by atoms with Crippen molar-refractivity contribution < 1.29 is 9.53 Å². The van der Waals surface area contributed by atoms with Gasteiger partial charge in [-0.05, 0) is 55.4 Å². The van der Waals surface area contributed by atoms with Gasteiger partial charge >= 0.3 is 0 Å². The van der Waals surface area contributed by atoms with Gasteiger partial charge in [0.25, 0.3) is 5.91 Å². The van der Waals surface area contributed by atoms with E-state index in [1.807, 2.05) is 18.2 Å². The molecule has 1 aliphatic heterocycles. The first-order chi connectivity index (χ1) is 14.6. The summed E-state index contributed by atoms with van der Waals surface area (Å²) >= 11 is 6.48. The quantitative estimate of drug-likeness (QED) is 0.587. The number of carbonyl (C=O) groups excluding carboxylic acids is 1. The van der Waals surface area contributed by atoms with Crippen molar-refractivity contribution in [2.24, 2.45) is 0 Å². The molecule has 160 valence electrons. The zero-order valence-corrected chi connectivity index (χ0v) is 18.1. The highest BCUT2D eigenvalue weighted by Gasteiger charge is 2.22. The second-order valence-corrected chi connectivity index (χ2v) is 8.47. The van der Waals surface area contributed by atoms with E-state index >= 15 is 0 Å². The second kappa shape index (κ2) is 9.77. The van der Waals surface area contributed by atoms with Crippen LogP contribution < -0.4 is 16.0 Å². The summed E-state index contributed by atoms with van der Waals surface area (Å²) in [5, 5.41) is 10.7. The number of carbonyl (C=O) groups is 1. The Balaban J connectivity index is 1.42. The number of hydrogen-bond donors (Lipinski definition) is 3. The third-order valence-electron chi connectivity index (χ3n) is 6.01. The van der Waals surface area contributed by atoms with Gasteiger partial charge in [-0.3, -0.25) is 4.79 Å². The number of anilines is 1. The van der Waals surface area contributed by atoms with Crippen LogP contribution in [0.15, 0.2) is 30.5 Å². The number of fused-ring (bicyclic) bond motifs is 1. The normalized spacial score (nSPS) is 21.1. The smallest absolute Gasteiger partial charge is 0.251 e. The van der Waals surface area contributed by atoms with Crippen LogP contribution in [0.5, 0.6) is 0 Å². The molecule has 1 aromatic carbocycles. The molecule has 1 fully saturated rings. The number of halogens is 1. The Bertz CT molecular complexity index is 897. The molecule has 0 saturated heterocycles. The Labute approximate surface area is 182 Å². The van der Waals surface area contributed by atoms with E-state index in [1.165, 1.54) is 0 Å². The van der Waals surface area contributed by atoms with Crippen molar-refractivity contribution >= 4 is 23.3 Å². The summed E-state index contributed by atoms with van der Waals surface area (Å²) in [5.74, 6) is 0.846. The number of rotatable bonds is 7. The predicted octanol–water partition coefficient (Wildman–Crippen LogP) is 3.65. The van der Waals surface area contributed by atoms with Crippen molar-refractivity contribution in [1.82, 2.24) is 15.6 Å². The Morgan fingerprint density at radius 1 is 1.17 bits per heavy atom. The number of methoxy groups -OCH3 is 1. The average Bonchev–Trinajstić information content (AvgIpc) is 2.76. The van der Waals surface area contributed by atoms with Gasteiger partial charge in [0.2, 0.25) is 0 Å². The summed E-state index contributed by atoms with van der Waals surface area (Å²) in [7, 11) is 1.73. The van der Waals surface area contributed by atoms with Crippen LogP contribution in [-0.2, 0) is 11.2 Å². The van der Waals surface area contributed by atoms with Crippen molar-refractivity contribution in [2.45, 2.75) is 44.2 Å². The molecule has 7 heteroatoms. The molecule has 2 aromatic rings. The lowest BCUT2D eigenvalue weighted by Crippen LogP contribution is -2.38. The maximum Gasteiger partial charge on any atom is 0.251 e. The molecule has 0 spiro atoms. The lowest BCUT2D eigenvalue weighted by molar-refractivity contribution is 0.0946. The van der Waals surface area contributed by atoms with Gasteiger partial charge in [-0.2, -0.15) is 0 Å². The summed E-state index contributed by atoms with van der Waals surface area (Å²) in [4.78, 5) is 16.5. The van der Waals surface area contributed by atoms with Crippen LogP contribution in [0.25, 0.3) is 11.1 Å². The summed E-state index contributed by atoms with van der Waals surface area (Å²) in [6.07, 6.45) is 7.06. The molecule has 1 aliphatic carbocycles. The number of benzene rings is 1. The molecule has 0 unspecified atom stereocenters. The molecule has 4 rings (SSSR count). The van der Waals surface area contributed by atoms with E-state index in [4.69, 9.17) is 16.3 Å². The van der Waals surface area contributed by atoms with Crippen molar-refractivity contribution in [3.8, 4) is 11.1 Å². The number of aromatic nitrogens is 1. The highest BCUT2D eigenvalue weighted by Crippen LogP contribution is 2.32. The standard InChI is InChI=1S/C23H29ClN4O2/c1-30-11-10-25-17-3-5-18(6-4-17)28-22-13-20(21(24)14-27-22)15-2-7-19-16(12-15)8-9-26-23(19)29/h2,7,12-14,17-18,25H,3-6,8-11H2,1H3,(H,26,29)(H,27,28). The minimum Gasteiger partial charge on any atom is -0.383 e. The second-order valence-electron chi connectivity index (χ2n) is 8.07. The van der Waals surface area contributed by atoms with Crippen molar-refractivity contribution in [2.75, 3.05) is 32.1 Å². The van der Waals surface area contributed by atoms with Crippen molar-refractivity contribution in [1.29, 1.82) is 0 Å². The Kier molecular flexibility index (Phi) is 6.87. The third-order valence-corrected chi connectivity index (χ3v) is 6.32. The fraction of sp³-hybridized carbons (Fsp3) is 0.478. The Morgan fingerprint density at radius 3 is 2.77 bits per heavy atom. The molecule has 30 heavy (non-hydrogen) atoms. The van der Waals surface area contributed by atoms with Crippen molar-refractivity contribution in [3.63, 3.8) is 0 Å². The average molecular weight is 429 g/mol. The van der Waals surface area contributed by atoms with Crippen LogP contribution in [0.4, 0.5) is 5.82 Å². The minimum absolute atomic E-state index is 0.00158. The molecule has 6 nitrogen and oxygen atoms in total. The van der Waals surface area contributed by atoms with Gasteiger partial charge in [0.15, 0.2) is 0 Å². The fourth-order valence-corrected chi connectivity index (χ4v) is 4.56. The monoisotopic (exact) mass is 428 g/mol. The molecule has 0 radical (unpaired) electrons. The molecule has 1 amide bonds. The summed E-state index contributed by atoms with van der Waals surface area (Å²) < 4.78 is 5.11. The number of pyridine rings is 1. The number of nitrogens with zero attached hydrogens (tertiary/aromatic N) is 1. The lowest BCUT2D eigenvalue weighted by Gasteiger charge is -2.30. The van der Waals surface area contributed by atoms with E-state index in [0.717, 1.165) is 73.3 Å². The van der Waals surface area contributed by atoms with Gasteiger partial charge in [-0.15, -0.1) is 0 Å². The number of amides is 1. The fourth-order valence-electron chi connectivity index (χ4n) is 4.35. The number of ether oxygens (including phenoxy) is 1. The van der Waals surface area contributed by atoms with E-state index in [-0.39, 0.29) is 5.91 Å². The van der Waals surface area contributed by atoms with Gasteiger partial charge in [-0.25, -0.2) is 4.98 Å². The van der Waals surface area contributed by atoms with Crippen molar-refractivity contribution in [3.05, 3.63) is 46.6 Å². The maximum atomic E-state index is 12.0. The topological polar surface area (TPSA) is 75.3 Å². The van der Waals surface area contributed by atoms with Crippen LogP contribution in [-0.4, -0.2) is 49.8 Å². The first-order valence-corrected chi connectivity index (χ1v) is 11.1. The molecule has 2 heterocycles. The lowest BCUT2D eigenvalue weighted by atomic mass is 9.91. The molecular weight excluding hydrogens is 400 g/mol. The molecule has 1 saturated carbocycles. The van der Waals surface area contributed by atoms with E-state index in [0.29, 0.717) is 23.7 Å². The van der Waals surface area contributed by atoms with Crippen LogP contribution in [0.1, 0.15) is 41.6 Å². The van der Waals surface area contributed by atoms with E-state index < -0.39 is 0 Å². The summed E-state index contributed by atoms with van der Waals surface area (Å²) in [6.45, 7) is 2.34. The highest BCUT2D eigenvalue weighted by molar-refractivity contribution is 6.33. The van der Waals surface area contributed by atoms with Crippen LogP contribution in [0, 0.1) is 0 Å². The van der Waals surface area contributed by atoms with Crippen LogP contribution in [0.3, 0.4) is 0 Å². The van der Waals surface area contributed by atoms with Gasteiger partial charge in [-0.1, -0.05) is 23.7 Å². The van der Waals surface area contributed by atoms with Crippen LogP contribution in [0.2, 0.25) is 5.02 Å². The third kappa shape index (κ3) is 4.94. The zero-order chi connectivity index (χ0) is 20.9. The summed E-state index contributed by atoms with van der Waals surface area (Å²) in [6, 6.07) is 8.94. The largest absolute Gasteiger partial charge is 0.383 e. The van der Waals surface area contributed by atoms with Gasteiger partial charge in [0.05, 0.1) is 11.6 Å². The number of hydrogen-bond acceptors (Lipinski definition) is 5. The van der Waals surface area contributed by atoms with Crippen LogP contribution >= 0.6 is 11.6 Å². The minimum atomic E-state index is -0.00158. The molecule has 2 aliphatic rings. The predicted molar refractivity (Wildman–Crippen MR) is 120 cm³/mol. The zero-order valence-electron chi connectivity index (χ0n) is 17.3. The van der Waals surface area contributed by atoms with Gasteiger partial charge < -0.3 is 20.7 Å². The molecule has 0 atom stereocenters.